The third kappa shape index (κ3) is 4.29. The van der Waals surface area contributed by atoms with Crippen LogP contribution in [0.2, 0.25) is 10.0 Å². The van der Waals surface area contributed by atoms with Crippen molar-refractivity contribution >= 4 is 39.1 Å². The minimum absolute atomic E-state index is 0.125. The van der Waals surface area contributed by atoms with Crippen molar-refractivity contribution < 1.29 is 13.2 Å². The molecule has 144 valence electrons. The molecule has 2 atom stereocenters. The number of carbonyl (C=O) groups excluding carboxylic acids is 1. The lowest BCUT2D eigenvalue weighted by atomic mass is 10.1. The highest BCUT2D eigenvalue weighted by Gasteiger charge is 2.29. The van der Waals surface area contributed by atoms with E-state index in [9.17, 15) is 13.2 Å². The number of nitrogens with one attached hydrogen (secondary N) is 2. The molecule has 3 rings (SSSR count). The molecule has 0 bridgehead atoms. The van der Waals surface area contributed by atoms with Crippen LogP contribution in [0.4, 0.5) is 0 Å². The predicted molar refractivity (Wildman–Crippen MR) is 107 cm³/mol. The van der Waals surface area contributed by atoms with Gasteiger partial charge in [0.25, 0.3) is 0 Å². The van der Waals surface area contributed by atoms with E-state index < -0.39 is 22.0 Å². The first kappa shape index (κ1) is 20.1. The Hall–Kier alpha value is -1.60. The Morgan fingerprint density at radius 1 is 1.15 bits per heavy atom. The molecule has 5 nitrogen and oxygen atoms in total. The highest BCUT2D eigenvalue weighted by Crippen LogP contribution is 2.39. The quantitative estimate of drug-likeness (QED) is 0.763. The van der Waals surface area contributed by atoms with Crippen molar-refractivity contribution in [3.63, 3.8) is 0 Å². The zero-order valence-corrected chi connectivity index (χ0v) is 17.3. The van der Waals surface area contributed by atoms with Crippen LogP contribution in [-0.2, 0) is 21.2 Å². The maximum atomic E-state index is 12.5. The van der Waals surface area contributed by atoms with E-state index in [-0.39, 0.29) is 10.9 Å². The Morgan fingerprint density at radius 3 is 2.48 bits per heavy atom. The number of hydrogen-bond donors (Lipinski definition) is 2. The molecule has 0 fully saturated rings. The Kier molecular flexibility index (Phi) is 5.82. The number of rotatable bonds is 5. The van der Waals surface area contributed by atoms with Crippen LogP contribution in [0, 0.1) is 6.92 Å². The number of halogens is 2. The third-order valence-corrected chi connectivity index (χ3v) is 7.06. The minimum Gasteiger partial charge on any atom is -0.348 e. The van der Waals surface area contributed by atoms with E-state index in [1.54, 1.807) is 18.2 Å². The maximum absolute atomic E-state index is 12.5. The van der Waals surface area contributed by atoms with Crippen molar-refractivity contribution in [3.8, 4) is 0 Å². The molecular weight excluding hydrogens is 407 g/mol. The van der Waals surface area contributed by atoms with Gasteiger partial charge in [0.2, 0.25) is 15.9 Å². The van der Waals surface area contributed by atoms with Crippen LogP contribution < -0.4 is 10.0 Å². The van der Waals surface area contributed by atoms with Gasteiger partial charge < -0.3 is 5.32 Å². The third-order valence-electron chi connectivity index (χ3n) is 4.66. The first-order valence-electron chi connectivity index (χ1n) is 8.55. The molecule has 2 N–H and O–H groups in total. The summed E-state index contributed by atoms with van der Waals surface area (Å²) < 4.78 is 27.3. The Morgan fingerprint density at radius 2 is 1.81 bits per heavy atom. The average Bonchev–Trinajstić information content (AvgIpc) is 3.01. The van der Waals surface area contributed by atoms with Gasteiger partial charge in [-0.15, -0.1) is 0 Å². The number of fused-ring (bicyclic) bond motifs is 1. The molecule has 0 saturated carbocycles. The molecule has 0 spiro atoms. The summed E-state index contributed by atoms with van der Waals surface area (Å²) in [5.74, 6) is -0.394. The molecular formula is C19H20Cl2N2O3S. The topological polar surface area (TPSA) is 75.3 Å². The monoisotopic (exact) mass is 426 g/mol. The van der Waals surface area contributed by atoms with Gasteiger partial charge in [0.05, 0.1) is 27.0 Å². The molecule has 1 amide bonds. The highest BCUT2D eigenvalue weighted by atomic mass is 35.5. The van der Waals surface area contributed by atoms with Crippen molar-refractivity contribution in [2.45, 2.75) is 43.7 Å². The molecule has 1 aliphatic carbocycles. The van der Waals surface area contributed by atoms with E-state index in [1.165, 1.54) is 19.1 Å². The van der Waals surface area contributed by atoms with Crippen LogP contribution in [-0.4, -0.2) is 20.4 Å². The molecule has 1 aliphatic rings. The van der Waals surface area contributed by atoms with Crippen molar-refractivity contribution in [2.24, 2.45) is 0 Å². The SMILES string of the molecule is Cc1ccc(S(=O)(=O)N[C@@H](C)C(=O)NC2CCc3c2ccc(Cl)c3Cl)cc1. The Bertz CT molecular complexity index is 975. The maximum Gasteiger partial charge on any atom is 0.241 e. The van der Waals surface area contributed by atoms with Crippen LogP contribution in [0.3, 0.4) is 0 Å². The summed E-state index contributed by atoms with van der Waals surface area (Å²) in [7, 11) is -3.78. The normalized spacial score (nSPS) is 17.4. The summed E-state index contributed by atoms with van der Waals surface area (Å²) in [5, 5.41) is 3.90. The average molecular weight is 427 g/mol. The second-order valence-electron chi connectivity index (χ2n) is 6.69. The van der Waals surface area contributed by atoms with Gasteiger partial charge in [0.1, 0.15) is 0 Å². The number of aryl methyl sites for hydroxylation is 1. The van der Waals surface area contributed by atoms with Crippen LogP contribution in [0.15, 0.2) is 41.3 Å². The van der Waals surface area contributed by atoms with Crippen LogP contribution in [0.5, 0.6) is 0 Å². The lowest BCUT2D eigenvalue weighted by molar-refractivity contribution is -0.123. The summed E-state index contributed by atoms with van der Waals surface area (Å²) in [5.41, 5.74) is 2.81. The van der Waals surface area contributed by atoms with Gasteiger partial charge in [-0.3, -0.25) is 4.79 Å². The van der Waals surface area contributed by atoms with Crippen molar-refractivity contribution in [2.75, 3.05) is 0 Å². The van der Waals surface area contributed by atoms with Crippen molar-refractivity contribution in [1.82, 2.24) is 10.0 Å². The molecule has 0 heterocycles. The fourth-order valence-corrected chi connectivity index (χ4v) is 4.80. The lowest BCUT2D eigenvalue weighted by Crippen LogP contribution is -2.45. The van der Waals surface area contributed by atoms with Crippen LogP contribution >= 0.6 is 23.2 Å². The number of benzene rings is 2. The van der Waals surface area contributed by atoms with Crippen LogP contribution in [0.1, 0.15) is 36.1 Å². The number of hydrogen-bond acceptors (Lipinski definition) is 3. The number of carbonyl (C=O) groups is 1. The zero-order valence-electron chi connectivity index (χ0n) is 14.9. The second kappa shape index (κ2) is 7.80. The van der Waals surface area contributed by atoms with E-state index in [2.05, 4.69) is 10.0 Å². The predicted octanol–water partition coefficient (Wildman–Crippen LogP) is 3.77. The van der Waals surface area contributed by atoms with E-state index in [4.69, 9.17) is 23.2 Å². The van der Waals surface area contributed by atoms with E-state index >= 15 is 0 Å². The fourth-order valence-electron chi connectivity index (χ4n) is 3.15. The minimum atomic E-state index is -3.78. The number of amides is 1. The zero-order chi connectivity index (χ0) is 19.8. The first-order valence-corrected chi connectivity index (χ1v) is 10.8. The molecule has 8 heteroatoms. The van der Waals surface area contributed by atoms with E-state index in [0.717, 1.165) is 16.7 Å². The van der Waals surface area contributed by atoms with Crippen molar-refractivity contribution in [1.29, 1.82) is 0 Å². The van der Waals surface area contributed by atoms with Gasteiger partial charge in [-0.1, -0.05) is 47.0 Å². The fraction of sp³-hybridized carbons (Fsp3) is 0.316. The molecule has 0 aliphatic heterocycles. The Balaban J connectivity index is 1.69. The van der Waals surface area contributed by atoms with Gasteiger partial charge in [-0.05, 0) is 56.0 Å². The summed E-state index contributed by atoms with van der Waals surface area (Å²) in [6, 6.07) is 8.88. The van der Waals surface area contributed by atoms with Gasteiger partial charge >= 0.3 is 0 Å². The van der Waals surface area contributed by atoms with Gasteiger partial charge in [-0.2, -0.15) is 4.72 Å². The molecule has 0 saturated heterocycles. The summed E-state index contributed by atoms with van der Waals surface area (Å²) in [6.45, 7) is 3.39. The molecule has 27 heavy (non-hydrogen) atoms. The second-order valence-corrected chi connectivity index (χ2v) is 9.18. The van der Waals surface area contributed by atoms with E-state index in [0.29, 0.717) is 22.9 Å². The summed E-state index contributed by atoms with van der Waals surface area (Å²) >= 11 is 12.3. The molecule has 0 aromatic heterocycles. The van der Waals surface area contributed by atoms with E-state index in [1.807, 2.05) is 13.0 Å². The highest BCUT2D eigenvalue weighted by molar-refractivity contribution is 7.89. The van der Waals surface area contributed by atoms with Gasteiger partial charge in [0.15, 0.2) is 0 Å². The molecule has 2 aromatic rings. The first-order chi connectivity index (χ1) is 12.7. The largest absolute Gasteiger partial charge is 0.348 e. The molecule has 1 unspecified atom stereocenters. The standard InChI is InChI=1S/C19H20Cl2N2O3S/c1-11-3-5-13(6-4-11)27(25,26)23-12(2)19(24)22-17-10-8-15-14(17)7-9-16(20)18(15)21/h3-7,9,12,17,23H,8,10H2,1-2H3,(H,22,24)/t12-,17?/m0/s1. The molecule has 2 aromatic carbocycles. The smallest absolute Gasteiger partial charge is 0.241 e. The Labute approximate surface area is 169 Å². The summed E-state index contributed by atoms with van der Waals surface area (Å²) in [6.07, 6.45) is 1.40. The van der Waals surface area contributed by atoms with Crippen molar-refractivity contribution in [3.05, 3.63) is 63.1 Å². The number of sulfonamides is 1. The summed E-state index contributed by atoms with van der Waals surface area (Å²) in [4.78, 5) is 12.7. The van der Waals surface area contributed by atoms with Crippen LogP contribution in [0.25, 0.3) is 0 Å². The lowest BCUT2D eigenvalue weighted by Gasteiger charge is -2.19. The van der Waals surface area contributed by atoms with Gasteiger partial charge in [0, 0.05) is 0 Å². The van der Waals surface area contributed by atoms with Gasteiger partial charge in [-0.25, -0.2) is 8.42 Å². The molecule has 0 radical (unpaired) electrons.